The molecule has 2 aliphatic rings. The van der Waals surface area contributed by atoms with Crippen molar-refractivity contribution in [1.29, 1.82) is 0 Å². The normalized spacial score (nSPS) is 29.0. The minimum atomic E-state index is -0.738. The number of rotatable bonds is 5. The molecule has 1 saturated heterocycles. The summed E-state index contributed by atoms with van der Waals surface area (Å²) < 4.78 is 22.3. The fraction of sp³-hybridized carbons (Fsp3) is 0.579. The van der Waals surface area contributed by atoms with Crippen molar-refractivity contribution < 1.29 is 28.5 Å². The van der Waals surface area contributed by atoms with Crippen molar-refractivity contribution in [3.05, 3.63) is 35.9 Å². The van der Waals surface area contributed by atoms with Crippen LogP contribution in [0.2, 0.25) is 0 Å². The second-order valence-electron chi connectivity index (χ2n) is 7.18. The van der Waals surface area contributed by atoms with Gasteiger partial charge in [-0.05, 0) is 25.8 Å². The van der Waals surface area contributed by atoms with Crippen LogP contribution >= 0.6 is 0 Å². The number of nitrogens with one attached hydrogen (secondary N) is 1. The minimum Gasteiger partial charge on any atom is -0.465 e. The monoisotopic (exact) mass is 363 g/mol. The summed E-state index contributed by atoms with van der Waals surface area (Å²) in [6.45, 7) is 5.48. The summed E-state index contributed by atoms with van der Waals surface area (Å²) in [5.41, 5.74) is 0.918. The van der Waals surface area contributed by atoms with E-state index in [1.165, 1.54) is 6.92 Å². The number of benzene rings is 1. The van der Waals surface area contributed by atoms with Crippen LogP contribution in [0.3, 0.4) is 0 Å². The molecule has 0 bridgehead atoms. The zero-order chi connectivity index (χ0) is 18.7. The first-order valence-electron chi connectivity index (χ1n) is 8.80. The highest BCUT2D eigenvalue weighted by Crippen LogP contribution is 2.41. The van der Waals surface area contributed by atoms with Gasteiger partial charge in [-0.3, -0.25) is 4.79 Å². The summed E-state index contributed by atoms with van der Waals surface area (Å²) in [6.07, 6.45) is -0.434. The van der Waals surface area contributed by atoms with Crippen molar-refractivity contribution in [3.63, 3.8) is 0 Å². The maximum absolute atomic E-state index is 12.2. The third-order valence-corrected chi connectivity index (χ3v) is 4.60. The van der Waals surface area contributed by atoms with Gasteiger partial charge in [0.25, 0.3) is 0 Å². The number of carbonyl (C=O) groups excluding carboxylic acids is 2. The van der Waals surface area contributed by atoms with Crippen molar-refractivity contribution in [3.8, 4) is 0 Å². The molecule has 3 rings (SSSR count). The third-order valence-electron chi connectivity index (χ3n) is 4.60. The molecular formula is C19H25NO6. The SMILES string of the molecule is CC(=O)OC[C@H]1C[C@@H](NC(=O)OCc2ccccc2)[C@@H]2OC(C)(C)O[C@H]12. The molecule has 2 fully saturated rings. The minimum absolute atomic E-state index is 0.0369. The molecule has 1 N–H and O–H groups in total. The molecule has 0 radical (unpaired) electrons. The number of carbonyl (C=O) groups is 2. The van der Waals surface area contributed by atoms with Crippen LogP contribution in [0.25, 0.3) is 0 Å². The fourth-order valence-corrected chi connectivity index (χ4v) is 3.53. The molecule has 1 aromatic rings. The summed E-state index contributed by atoms with van der Waals surface area (Å²) in [5.74, 6) is -1.11. The largest absolute Gasteiger partial charge is 0.465 e. The first kappa shape index (κ1) is 18.7. The maximum Gasteiger partial charge on any atom is 0.407 e. The Labute approximate surface area is 152 Å². The van der Waals surface area contributed by atoms with Crippen LogP contribution in [0.5, 0.6) is 0 Å². The quantitative estimate of drug-likeness (QED) is 0.809. The molecule has 1 aliphatic heterocycles. The van der Waals surface area contributed by atoms with Crippen molar-refractivity contribution in [1.82, 2.24) is 5.32 Å². The van der Waals surface area contributed by atoms with Crippen molar-refractivity contribution in [2.75, 3.05) is 6.61 Å². The van der Waals surface area contributed by atoms with Crippen molar-refractivity contribution in [2.24, 2.45) is 5.92 Å². The molecular weight excluding hydrogens is 338 g/mol. The molecule has 0 unspecified atom stereocenters. The van der Waals surface area contributed by atoms with E-state index in [0.717, 1.165) is 5.56 Å². The fourth-order valence-electron chi connectivity index (χ4n) is 3.53. The van der Waals surface area contributed by atoms with Gasteiger partial charge in [-0.2, -0.15) is 0 Å². The van der Waals surface area contributed by atoms with Crippen LogP contribution in [-0.4, -0.2) is 42.7 Å². The second-order valence-corrected chi connectivity index (χ2v) is 7.18. The molecule has 0 spiro atoms. The highest BCUT2D eigenvalue weighted by Gasteiger charge is 2.54. The highest BCUT2D eigenvalue weighted by atomic mass is 16.8. The molecule has 1 aromatic carbocycles. The topological polar surface area (TPSA) is 83.1 Å². The summed E-state index contributed by atoms with van der Waals surface area (Å²) in [7, 11) is 0. The van der Waals surface area contributed by atoms with Gasteiger partial charge in [-0.15, -0.1) is 0 Å². The van der Waals surface area contributed by atoms with E-state index in [2.05, 4.69) is 5.32 Å². The number of ether oxygens (including phenoxy) is 4. The van der Waals surface area contributed by atoms with Gasteiger partial charge in [-0.25, -0.2) is 4.79 Å². The van der Waals surface area contributed by atoms with Gasteiger partial charge in [0.15, 0.2) is 5.79 Å². The lowest BCUT2D eigenvalue weighted by molar-refractivity contribution is -0.162. The standard InChI is InChI=1S/C19H25NO6/c1-12(21)23-11-14-9-15(17-16(14)25-19(2,3)26-17)20-18(22)24-10-13-7-5-4-6-8-13/h4-8,14-17H,9-11H2,1-3H3,(H,20,22)/t14-,15-,16-,17+/m1/s1. The number of esters is 1. The summed E-state index contributed by atoms with van der Waals surface area (Å²) >= 11 is 0. The summed E-state index contributed by atoms with van der Waals surface area (Å²) in [6, 6.07) is 9.22. The van der Waals surface area contributed by atoms with E-state index in [0.29, 0.717) is 6.42 Å². The average Bonchev–Trinajstić information content (AvgIpc) is 3.06. The van der Waals surface area contributed by atoms with E-state index >= 15 is 0 Å². The molecule has 1 aliphatic carbocycles. The van der Waals surface area contributed by atoms with Gasteiger partial charge in [0, 0.05) is 12.8 Å². The van der Waals surface area contributed by atoms with Crippen LogP contribution in [0.15, 0.2) is 30.3 Å². The number of hydrogen-bond donors (Lipinski definition) is 1. The zero-order valence-electron chi connectivity index (χ0n) is 15.3. The molecule has 26 heavy (non-hydrogen) atoms. The Hall–Kier alpha value is -2.12. The Kier molecular flexibility index (Phi) is 5.48. The number of fused-ring (bicyclic) bond motifs is 1. The van der Waals surface area contributed by atoms with Crippen LogP contribution in [0, 0.1) is 5.92 Å². The zero-order valence-corrected chi connectivity index (χ0v) is 15.3. The molecule has 1 amide bonds. The molecule has 142 valence electrons. The van der Waals surface area contributed by atoms with Gasteiger partial charge in [0.1, 0.15) is 12.7 Å². The first-order valence-corrected chi connectivity index (χ1v) is 8.80. The summed E-state index contributed by atoms with van der Waals surface area (Å²) in [5, 5.41) is 2.87. The highest BCUT2D eigenvalue weighted by molar-refractivity contribution is 5.68. The van der Waals surface area contributed by atoms with Gasteiger partial charge < -0.3 is 24.3 Å². The van der Waals surface area contributed by atoms with Gasteiger partial charge in [-0.1, -0.05) is 30.3 Å². The van der Waals surface area contributed by atoms with Gasteiger partial charge in [0.2, 0.25) is 0 Å². The van der Waals surface area contributed by atoms with Crippen LogP contribution in [-0.2, 0) is 30.3 Å². The molecule has 4 atom stereocenters. The Morgan fingerprint density at radius 1 is 1.15 bits per heavy atom. The Bertz CT molecular complexity index is 647. The predicted molar refractivity (Wildman–Crippen MR) is 92.1 cm³/mol. The Morgan fingerprint density at radius 2 is 1.85 bits per heavy atom. The second kappa shape index (κ2) is 7.63. The maximum atomic E-state index is 12.2. The van der Waals surface area contributed by atoms with E-state index in [4.69, 9.17) is 18.9 Å². The van der Waals surface area contributed by atoms with Crippen LogP contribution < -0.4 is 5.32 Å². The van der Waals surface area contributed by atoms with Crippen LogP contribution in [0.4, 0.5) is 4.79 Å². The van der Waals surface area contributed by atoms with Crippen molar-refractivity contribution >= 4 is 12.1 Å². The molecule has 1 heterocycles. The van der Waals surface area contributed by atoms with Gasteiger partial charge >= 0.3 is 12.1 Å². The first-order chi connectivity index (χ1) is 12.3. The Balaban J connectivity index is 1.57. The number of alkyl carbamates (subject to hydrolysis) is 1. The Morgan fingerprint density at radius 3 is 2.54 bits per heavy atom. The third kappa shape index (κ3) is 4.53. The molecule has 1 saturated carbocycles. The van der Waals surface area contributed by atoms with Crippen molar-refractivity contribution in [2.45, 2.75) is 57.8 Å². The molecule has 7 nitrogen and oxygen atoms in total. The van der Waals surface area contributed by atoms with E-state index in [9.17, 15) is 9.59 Å². The smallest absolute Gasteiger partial charge is 0.407 e. The average molecular weight is 363 g/mol. The molecule has 0 aromatic heterocycles. The number of amides is 1. The number of hydrogen-bond acceptors (Lipinski definition) is 6. The van der Waals surface area contributed by atoms with Gasteiger partial charge in [0.05, 0.1) is 18.8 Å². The predicted octanol–water partition coefficient (Wildman–Crippen LogP) is 2.38. The van der Waals surface area contributed by atoms with E-state index in [1.807, 2.05) is 44.2 Å². The molecule has 7 heteroatoms. The lowest BCUT2D eigenvalue weighted by Crippen LogP contribution is -2.43. The lowest BCUT2D eigenvalue weighted by atomic mass is 10.1. The summed E-state index contributed by atoms with van der Waals surface area (Å²) in [4.78, 5) is 23.3. The van der Waals surface area contributed by atoms with E-state index in [-0.39, 0.29) is 43.4 Å². The van der Waals surface area contributed by atoms with Crippen LogP contribution in [0.1, 0.15) is 32.8 Å². The van der Waals surface area contributed by atoms with E-state index < -0.39 is 11.9 Å². The lowest BCUT2D eigenvalue weighted by Gasteiger charge is -2.23. The van der Waals surface area contributed by atoms with E-state index in [1.54, 1.807) is 0 Å².